The molecule has 0 aliphatic heterocycles. The van der Waals surface area contributed by atoms with Gasteiger partial charge in [0.15, 0.2) is 0 Å². The van der Waals surface area contributed by atoms with Gasteiger partial charge in [-0.1, -0.05) is 24.3 Å². The van der Waals surface area contributed by atoms with E-state index >= 15 is 0 Å². The normalized spacial score (nSPS) is 13.7. The van der Waals surface area contributed by atoms with E-state index < -0.39 is 17.7 Å². The lowest BCUT2D eigenvalue weighted by Crippen LogP contribution is -2.07. The van der Waals surface area contributed by atoms with Crippen LogP contribution in [0.25, 0.3) is 11.1 Å². The van der Waals surface area contributed by atoms with Crippen LogP contribution < -0.4 is 5.73 Å². The number of halogens is 2. The predicted molar refractivity (Wildman–Crippen MR) is 57.8 cm³/mol. The highest BCUT2D eigenvalue weighted by molar-refractivity contribution is 5.79. The van der Waals surface area contributed by atoms with Gasteiger partial charge in [0.1, 0.15) is 11.6 Å². The number of rotatable bonds is 0. The van der Waals surface area contributed by atoms with Crippen molar-refractivity contribution in [2.45, 2.75) is 6.04 Å². The van der Waals surface area contributed by atoms with E-state index in [9.17, 15) is 8.78 Å². The fourth-order valence-corrected chi connectivity index (χ4v) is 2.30. The molecule has 0 radical (unpaired) electrons. The van der Waals surface area contributed by atoms with Crippen LogP contribution in [0.15, 0.2) is 36.4 Å². The quantitative estimate of drug-likeness (QED) is 0.721. The van der Waals surface area contributed by atoms with E-state index in [1.165, 1.54) is 12.1 Å². The summed E-state index contributed by atoms with van der Waals surface area (Å²) in [6.45, 7) is 0. The Morgan fingerprint density at radius 3 is 1.69 bits per heavy atom. The van der Waals surface area contributed by atoms with E-state index in [2.05, 4.69) is 0 Å². The summed E-state index contributed by atoms with van der Waals surface area (Å²) >= 11 is 0. The van der Waals surface area contributed by atoms with Crippen LogP contribution in [-0.4, -0.2) is 0 Å². The van der Waals surface area contributed by atoms with Gasteiger partial charge in [-0.25, -0.2) is 8.78 Å². The van der Waals surface area contributed by atoms with Gasteiger partial charge in [-0.15, -0.1) is 0 Å². The second-order valence-corrected chi connectivity index (χ2v) is 3.89. The summed E-state index contributed by atoms with van der Waals surface area (Å²) in [5.74, 6) is -0.839. The molecule has 2 aromatic carbocycles. The van der Waals surface area contributed by atoms with E-state index in [-0.39, 0.29) is 0 Å². The maximum Gasteiger partial charge on any atom is 0.131 e. The average Bonchev–Trinajstić information content (AvgIpc) is 2.56. The molecule has 0 atom stereocenters. The highest BCUT2D eigenvalue weighted by atomic mass is 19.1. The van der Waals surface area contributed by atoms with Crippen molar-refractivity contribution >= 4 is 0 Å². The molecule has 3 rings (SSSR count). The molecule has 0 heterocycles. The van der Waals surface area contributed by atoms with Crippen molar-refractivity contribution in [1.82, 2.24) is 0 Å². The molecule has 0 saturated carbocycles. The van der Waals surface area contributed by atoms with E-state index in [4.69, 9.17) is 5.73 Å². The summed E-state index contributed by atoms with van der Waals surface area (Å²) in [4.78, 5) is 0. The minimum absolute atomic E-state index is 0.308. The zero-order valence-corrected chi connectivity index (χ0v) is 8.37. The average molecular weight is 217 g/mol. The van der Waals surface area contributed by atoms with Gasteiger partial charge in [0.25, 0.3) is 0 Å². The Hall–Kier alpha value is -1.74. The summed E-state index contributed by atoms with van der Waals surface area (Å²) in [5.41, 5.74) is 7.89. The van der Waals surface area contributed by atoms with Gasteiger partial charge >= 0.3 is 0 Å². The molecule has 16 heavy (non-hydrogen) atoms. The third-order valence-corrected chi connectivity index (χ3v) is 3.01. The minimum atomic E-state index is -0.434. The molecule has 0 fully saturated rings. The molecule has 1 nitrogen and oxygen atoms in total. The van der Waals surface area contributed by atoms with Gasteiger partial charge in [0.05, 0.1) is 6.04 Å². The van der Waals surface area contributed by atoms with Crippen molar-refractivity contribution in [2.75, 3.05) is 0 Å². The molecule has 0 spiro atoms. The molecule has 0 saturated heterocycles. The highest BCUT2D eigenvalue weighted by Gasteiger charge is 2.30. The standard InChI is InChI=1S/C13H9F2N/c14-9-5-1-3-7-11(9)12-8(13(7)16)4-2-6-10(12)15/h1-6,13H,16H2. The van der Waals surface area contributed by atoms with Crippen LogP contribution in [0, 0.1) is 11.6 Å². The summed E-state index contributed by atoms with van der Waals surface area (Å²) in [7, 11) is 0. The van der Waals surface area contributed by atoms with Gasteiger partial charge in [-0.05, 0) is 23.3 Å². The summed E-state index contributed by atoms with van der Waals surface area (Å²) in [5, 5.41) is 0. The second kappa shape index (κ2) is 3.12. The number of nitrogens with two attached hydrogens (primary N) is 1. The van der Waals surface area contributed by atoms with Gasteiger partial charge in [-0.3, -0.25) is 0 Å². The zero-order chi connectivity index (χ0) is 11.3. The molecular formula is C13H9F2N. The number of fused-ring (bicyclic) bond motifs is 3. The Bertz CT molecular complexity index is 527. The minimum Gasteiger partial charge on any atom is -0.320 e. The highest BCUT2D eigenvalue weighted by Crippen LogP contribution is 2.44. The van der Waals surface area contributed by atoms with E-state index in [0.29, 0.717) is 22.3 Å². The van der Waals surface area contributed by atoms with Crippen molar-refractivity contribution in [1.29, 1.82) is 0 Å². The zero-order valence-electron chi connectivity index (χ0n) is 8.37. The predicted octanol–water partition coefficient (Wildman–Crippen LogP) is 2.99. The van der Waals surface area contributed by atoms with E-state index in [1.54, 1.807) is 24.3 Å². The third-order valence-electron chi connectivity index (χ3n) is 3.01. The molecule has 0 unspecified atom stereocenters. The lowest BCUT2D eigenvalue weighted by atomic mass is 10.0. The summed E-state index contributed by atoms with van der Waals surface area (Å²) in [6.07, 6.45) is 0. The topological polar surface area (TPSA) is 26.0 Å². The maximum atomic E-state index is 13.7. The van der Waals surface area contributed by atoms with Crippen molar-refractivity contribution in [2.24, 2.45) is 5.73 Å². The van der Waals surface area contributed by atoms with Crippen molar-refractivity contribution in [3.05, 3.63) is 59.2 Å². The molecule has 80 valence electrons. The Kier molecular flexibility index (Phi) is 1.85. The lowest BCUT2D eigenvalue weighted by molar-refractivity contribution is 0.617. The summed E-state index contributed by atoms with van der Waals surface area (Å²) < 4.78 is 27.4. The van der Waals surface area contributed by atoms with Crippen molar-refractivity contribution in [3.63, 3.8) is 0 Å². The molecular weight excluding hydrogens is 208 g/mol. The third kappa shape index (κ3) is 1.06. The monoisotopic (exact) mass is 217 g/mol. The van der Waals surface area contributed by atoms with Crippen molar-refractivity contribution in [3.8, 4) is 11.1 Å². The van der Waals surface area contributed by atoms with Gasteiger partial charge in [0.2, 0.25) is 0 Å². The van der Waals surface area contributed by atoms with E-state index in [1.807, 2.05) is 0 Å². The Morgan fingerprint density at radius 2 is 1.25 bits per heavy atom. The van der Waals surface area contributed by atoms with Crippen LogP contribution in [-0.2, 0) is 0 Å². The Labute approximate surface area is 91.5 Å². The van der Waals surface area contributed by atoms with Gasteiger partial charge in [-0.2, -0.15) is 0 Å². The molecule has 0 bridgehead atoms. The van der Waals surface area contributed by atoms with Crippen molar-refractivity contribution < 1.29 is 8.78 Å². The fourth-order valence-electron chi connectivity index (χ4n) is 2.30. The number of benzene rings is 2. The molecule has 3 heteroatoms. The van der Waals surface area contributed by atoms with Crippen LogP contribution >= 0.6 is 0 Å². The molecule has 0 aromatic heterocycles. The van der Waals surface area contributed by atoms with Crippen LogP contribution in [0.4, 0.5) is 8.78 Å². The second-order valence-electron chi connectivity index (χ2n) is 3.89. The van der Waals surface area contributed by atoms with Crippen LogP contribution in [0.3, 0.4) is 0 Å². The fraction of sp³-hybridized carbons (Fsp3) is 0.0769. The number of hydrogen-bond acceptors (Lipinski definition) is 1. The molecule has 2 N–H and O–H groups in total. The largest absolute Gasteiger partial charge is 0.320 e. The Balaban J connectivity index is 2.43. The molecule has 0 amide bonds. The van der Waals surface area contributed by atoms with Crippen LogP contribution in [0.1, 0.15) is 17.2 Å². The van der Waals surface area contributed by atoms with Crippen LogP contribution in [0.2, 0.25) is 0 Å². The first-order chi connectivity index (χ1) is 7.70. The van der Waals surface area contributed by atoms with E-state index in [0.717, 1.165) is 0 Å². The first-order valence-electron chi connectivity index (χ1n) is 5.03. The Morgan fingerprint density at radius 1 is 0.812 bits per heavy atom. The van der Waals surface area contributed by atoms with Crippen LogP contribution in [0.5, 0.6) is 0 Å². The summed E-state index contributed by atoms with van der Waals surface area (Å²) in [6, 6.07) is 8.89. The molecule has 1 aliphatic carbocycles. The van der Waals surface area contributed by atoms with Gasteiger partial charge < -0.3 is 5.73 Å². The molecule has 1 aliphatic rings. The SMILES string of the molecule is NC1c2cccc(F)c2-c2c(F)cccc21. The first-order valence-corrected chi connectivity index (χ1v) is 5.03. The van der Waals surface area contributed by atoms with Gasteiger partial charge in [0, 0.05) is 11.1 Å². The smallest absolute Gasteiger partial charge is 0.131 e. The maximum absolute atomic E-state index is 13.7. The number of hydrogen-bond donors (Lipinski definition) is 1. The molecule has 2 aromatic rings. The first kappa shape index (κ1) is 9.48. The lowest BCUT2D eigenvalue weighted by Gasteiger charge is -2.05.